The van der Waals surface area contributed by atoms with E-state index >= 15 is 0 Å². The summed E-state index contributed by atoms with van der Waals surface area (Å²) in [6.45, 7) is 1.56. The first kappa shape index (κ1) is 24.8. The fourth-order valence-corrected chi connectivity index (χ4v) is 3.97. The Morgan fingerprint density at radius 1 is 0.935 bits per heavy atom. The topological polar surface area (TPSA) is 122 Å². The van der Waals surface area contributed by atoms with Gasteiger partial charge >= 0.3 is 0 Å². The summed E-state index contributed by atoms with van der Waals surface area (Å²) in [7, 11) is 0. The molecule has 0 spiro atoms. The highest BCUT2D eigenvalue weighted by molar-refractivity contribution is 6.23. The highest BCUT2D eigenvalue weighted by atomic mass is 35.5. The van der Waals surface area contributed by atoms with Crippen molar-refractivity contribution >= 4 is 41.7 Å². The van der Waals surface area contributed by atoms with E-state index in [-0.39, 0.29) is 31.2 Å². The number of nitrogens with two attached hydrogens (primary N) is 1. The van der Waals surface area contributed by atoms with E-state index in [4.69, 9.17) is 5.73 Å². The zero-order valence-electron chi connectivity index (χ0n) is 17.7. The number of unbranched alkanes of at least 4 members (excludes halogenated alkanes) is 6. The van der Waals surface area contributed by atoms with Crippen molar-refractivity contribution in [1.29, 1.82) is 0 Å². The quantitative estimate of drug-likeness (QED) is 0.352. The predicted octanol–water partition coefficient (Wildman–Crippen LogP) is 2.61. The normalized spacial score (nSPS) is 18.0. The molecule has 2 aliphatic heterocycles. The van der Waals surface area contributed by atoms with E-state index in [9.17, 15) is 19.2 Å². The highest BCUT2D eigenvalue weighted by Crippen LogP contribution is 2.29. The maximum absolute atomic E-state index is 12.8. The Labute approximate surface area is 188 Å². The second-order valence-corrected chi connectivity index (χ2v) is 7.90. The van der Waals surface area contributed by atoms with Gasteiger partial charge in [0.25, 0.3) is 11.8 Å². The third kappa shape index (κ3) is 6.04. The van der Waals surface area contributed by atoms with Crippen LogP contribution in [0, 0.1) is 0 Å². The molecule has 1 atom stereocenters. The van der Waals surface area contributed by atoms with Gasteiger partial charge in [-0.15, -0.1) is 12.4 Å². The molecule has 9 heteroatoms. The molecule has 2 aliphatic rings. The van der Waals surface area contributed by atoms with Crippen LogP contribution in [0.5, 0.6) is 0 Å². The zero-order valence-corrected chi connectivity index (χ0v) is 18.5. The number of benzene rings is 1. The standard InChI is InChI=1S/C22H30N4O4.ClH/c23-12-6-4-2-1-3-5-7-13-24-15-8-9-16-17(14-15)22(30)26(21(16)29)18-10-11-19(27)25-20(18)28;/h8-9,14,18,24H,1-7,10-13,23H2,(H,25,27,28);1H. The van der Waals surface area contributed by atoms with Gasteiger partial charge in [0.1, 0.15) is 6.04 Å². The van der Waals surface area contributed by atoms with Gasteiger partial charge in [-0.3, -0.25) is 29.4 Å². The number of amides is 4. The molecule has 170 valence electrons. The molecule has 4 amide bonds. The van der Waals surface area contributed by atoms with Gasteiger partial charge in [-0.25, -0.2) is 0 Å². The molecule has 3 rings (SSSR count). The second kappa shape index (κ2) is 11.8. The van der Waals surface area contributed by atoms with E-state index in [0.29, 0.717) is 11.1 Å². The number of carbonyl (C=O) groups excluding carboxylic acids is 4. The molecule has 0 aromatic heterocycles. The smallest absolute Gasteiger partial charge is 0.262 e. The van der Waals surface area contributed by atoms with Crippen molar-refractivity contribution in [1.82, 2.24) is 10.2 Å². The number of rotatable bonds is 11. The fraction of sp³-hybridized carbons (Fsp3) is 0.545. The number of anilines is 1. The van der Waals surface area contributed by atoms with Crippen molar-refractivity contribution in [2.24, 2.45) is 5.73 Å². The van der Waals surface area contributed by atoms with Crippen LogP contribution in [0.2, 0.25) is 0 Å². The Bertz CT molecular complexity index is 830. The van der Waals surface area contributed by atoms with Gasteiger partial charge in [-0.05, 0) is 44.0 Å². The van der Waals surface area contributed by atoms with Crippen molar-refractivity contribution in [3.63, 3.8) is 0 Å². The van der Waals surface area contributed by atoms with Crippen LogP contribution in [0.1, 0.15) is 78.5 Å². The van der Waals surface area contributed by atoms with Crippen molar-refractivity contribution in [3.05, 3.63) is 29.3 Å². The number of hydrogen-bond donors (Lipinski definition) is 3. The van der Waals surface area contributed by atoms with E-state index in [1.54, 1.807) is 18.2 Å². The van der Waals surface area contributed by atoms with Gasteiger partial charge in [0.2, 0.25) is 11.8 Å². The monoisotopic (exact) mass is 450 g/mol. The lowest BCUT2D eigenvalue weighted by Crippen LogP contribution is -2.54. The summed E-state index contributed by atoms with van der Waals surface area (Å²) >= 11 is 0. The minimum Gasteiger partial charge on any atom is -0.385 e. The maximum atomic E-state index is 12.8. The molecular formula is C22H31ClN4O4. The molecule has 0 aliphatic carbocycles. The highest BCUT2D eigenvalue weighted by Gasteiger charge is 2.44. The van der Waals surface area contributed by atoms with E-state index in [0.717, 1.165) is 42.9 Å². The van der Waals surface area contributed by atoms with E-state index in [2.05, 4.69) is 10.6 Å². The molecule has 2 heterocycles. The summed E-state index contributed by atoms with van der Waals surface area (Å²) in [5.41, 5.74) is 6.87. The summed E-state index contributed by atoms with van der Waals surface area (Å²) in [5, 5.41) is 5.51. The SMILES string of the molecule is Cl.NCCCCCCCCCNc1ccc2c(c1)C(=O)N(C1CCC(=O)NC1=O)C2=O. The average molecular weight is 451 g/mol. The lowest BCUT2D eigenvalue weighted by molar-refractivity contribution is -0.136. The first-order valence-corrected chi connectivity index (χ1v) is 10.8. The summed E-state index contributed by atoms with van der Waals surface area (Å²) in [6, 6.07) is 4.15. The molecule has 31 heavy (non-hydrogen) atoms. The zero-order chi connectivity index (χ0) is 21.5. The van der Waals surface area contributed by atoms with Crippen LogP contribution >= 0.6 is 12.4 Å². The second-order valence-electron chi connectivity index (χ2n) is 7.90. The largest absolute Gasteiger partial charge is 0.385 e. The van der Waals surface area contributed by atoms with Crippen LogP contribution in [0.4, 0.5) is 5.69 Å². The van der Waals surface area contributed by atoms with Crippen molar-refractivity contribution in [2.75, 3.05) is 18.4 Å². The van der Waals surface area contributed by atoms with Crippen LogP contribution < -0.4 is 16.4 Å². The summed E-state index contributed by atoms with van der Waals surface area (Å²) < 4.78 is 0. The van der Waals surface area contributed by atoms with Gasteiger partial charge in [-0.2, -0.15) is 0 Å². The van der Waals surface area contributed by atoms with Gasteiger partial charge in [-0.1, -0.05) is 32.1 Å². The summed E-state index contributed by atoms with van der Waals surface area (Å²) in [6.07, 6.45) is 8.40. The third-order valence-electron chi connectivity index (χ3n) is 5.65. The molecule has 0 bridgehead atoms. The molecule has 0 saturated carbocycles. The fourth-order valence-electron chi connectivity index (χ4n) is 3.97. The number of piperidine rings is 1. The lowest BCUT2D eigenvalue weighted by Gasteiger charge is -2.27. The van der Waals surface area contributed by atoms with Crippen LogP contribution in [0.15, 0.2) is 18.2 Å². The third-order valence-corrected chi connectivity index (χ3v) is 5.65. The maximum Gasteiger partial charge on any atom is 0.262 e. The van der Waals surface area contributed by atoms with Gasteiger partial charge < -0.3 is 11.1 Å². The van der Waals surface area contributed by atoms with Crippen LogP contribution in [0.25, 0.3) is 0 Å². The first-order chi connectivity index (χ1) is 14.5. The summed E-state index contributed by atoms with van der Waals surface area (Å²) in [5.74, 6) is -1.94. The van der Waals surface area contributed by atoms with Crippen LogP contribution in [-0.4, -0.2) is 47.7 Å². The lowest BCUT2D eigenvalue weighted by atomic mass is 10.0. The molecule has 1 aromatic rings. The Morgan fingerprint density at radius 2 is 1.58 bits per heavy atom. The van der Waals surface area contributed by atoms with Crippen molar-refractivity contribution in [2.45, 2.75) is 63.8 Å². The Morgan fingerprint density at radius 3 is 2.26 bits per heavy atom. The number of carbonyl (C=O) groups is 4. The molecular weight excluding hydrogens is 420 g/mol. The minimum absolute atomic E-state index is 0. The number of nitrogens with one attached hydrogen (secondary N) is 2. The Kier molecular flexibility index (Phi) is 9.45. The van der Waals surface area contributed by atoms with E-state index in [1.807, 2.05) is 0 Å². The average Bonchev–Trinajstić information content (AvgIpc) is 2.97. The van der Waals surface area contributed by atoms with Crippen LogP contribution in [0.3, 0.4) is 0 Å². The molecule has 1 fully saturated rings. The molecule has 0 radical (unpaired) electrons. The van der Waals surface area contributed by atoms with Gasteiger partial charge in [0.05, 0.1) is 11.1 Å². The summed E-state index contributed by atoms with van der Waals surface area (Å²) in [4.78, 5) is 49.9. The Hall–Kier alpha value is -2.45. The van der Waals surface area contributed by atoms with Gasteiger partial charge in [0.15, 0.2) is 0 Å². The van der Waals surface area contributed by atoms with Gasteiger partial charge in [0, 0.05) is 18.7 Å². The van der Waals surface area contributed by atoms with Crippen molar-refractivity contribution < 1.29 is 19.2 Å². The van der Waals surface area contributed by atoms with Crippen molar-refractivity contribution in [3.8, 4) is 0 Å². The van der Waals surface area contributed by atoms with E-state index in [1.165, 1.54) is 25.7 Å². The Balaban J connectivity index is 0.00000341. The number of hydrogen-bond acceptors (Lipinski definition) is 6. The number of imide groups is 2. The molecule has 1 unspecified atom stereocenters. The molecule has 8 nitrogen and oxygen atoms in total. The first-order valence-electron chi connectivity index (χ1n) is 10.8. The number of fused-ring (bicyclic) bond motifs is 1. The van der Waals surface area contributed by atoms with Crippen LogP contribution in [-0.2, 0) is 9.59 Å². The van der Waals surface area contributed by atoms with E-state index < -0.39 is 23.8 Å². The molecule has 1 aromatic carbocycles. The predicted molar refractivity (Wildman–Crippen MR) is 120 cm³/mol. The molecule has 1 saturated heterocycles. The number of halogens is 1. The molecule has 4 N–H and O–H groups in total. The minimum atomic E-state index is -0.934. The number of nitrogens with zero attached hydrogens (tertiary/aromatic N) is 1.